The van der Waals surface area contributed by atoms with Crippen LogP contribution in [0, 0.1) is 0 Å². The molecule has 128 valence electrons. The van der Waals surface area contributed by atoms with Crippen molar-refractivity contribution >= 4 is 11.3 Å². The molecule has 1 aromatic rings. The summed E-state index contributed by atoms with van der Waals surface area (Å²) in [5.41, 5.74) is 1.00. The Kier molecular flexibility index (Phi) is 7.92. The summed E-state index contributed by atoms with van der Waals surface area (Å²) in [7, 11) is 3.14. The summed E-state index contributed by atoms with van der Waals surface area (Å²) >= 11 is -4.11. The third-order valence-electron chi connectivity index (χ3n) is 3.29. The maximum Gasteiger partial charge on any atom is 0.241 e. The van der Waals surface area contributed by atoms with Gasteiger partial charge in [0.25, 0.3) is 0 Å². The molecule has 4 nitrogen and oxygen atoms in total. The van der Waals surface area contributed by atoms with E-state index in [0.717, 1.165) is 9.87 Å². The number of hydrogen-bond donors (Lipinski definition) is 0. The molecule has 0 N–H and O–H groups in total. The van der Waals surface area contributed by atoms with E-state index >= 15 is 0 Å². The van der Waals surface area contributed by atoms with Crippen LogP contribution in [0.25, 0.3) is 0 Å². The van der Waals surface area contributed by atoms with Crippen molar-refractivity contribution in [1.82, 2.24) is 4.31 Å². The van der Waals surface area contributed by atoms with E-state index in [9.17, 15) is 7.77 Å². The highest BCUT2D eigenvalue weighted by molar-refractivity contribution is 8.19. The van der Waals surface area contributed by atoms with Gasteiger partial charge in [0.15, 0.2) is 11.5 Å². The molecule has 0 amide bonds. The maximum atomic E-state index is 13.8. The topological polar surface area (TPSA) is 30.9 Å². The first-order valence-corrected chi connectivity index (χ1v) is 8.63. The third kappa shape index (κ3) is 5.30. The summed E-state index contributed by atoms with van der Waals surface area (Å²) in [6, 6.07) is 5.57. The highest BCUT2D eigenvalue weighted by atomic mass is 32.3. The Morgan fingerprint density at radius 3 is 2.23 bits per heavy atom. The quantitative estimate of drug-likeness (QED) is 0.592. The van der Waals surface area contributed by atoms with Crippen molar-refractivity contribution in [3.05, 3.63) is 23.8 Å². The zero-order valence-electron chi connectivity index (χ0n) is 13.6. The van der Waals surface area contributed by atoms with Crippen LogP contribution < -0.4 is 9.47 Å². The van der Waals surface area contributed by atoms with Gasteiger partial charge in [-0.05, 0) is 30.5 Å². The van der Waals surface area contributed by atoms with E-state index in [1.165, 1.54) is 0 Å². The number of benzene rings is 1. The SMILES string of the molecule is CCN(CC)S(F)(F)OCCCc1ccc(OC)c(OC)c1. The van der Waals surface area contributed by atoms with Gasteiger partial charge in [0.1, 0.15) is 0 Å². The molecule has 0 saturated heterocycles. The van der Waals surface area contributed by atoms with Crippen molar-refractivity contribution in [3.63, 3.8) is 0 Å². The highest BCUT2D eigenvalue weighted by Crippen LogP contribution is 2.55. The zero-order valence-corrected chi connectivity index (χ0v) is 14.4. The fourth-order valence-electron chi connectivity index (χ4n) is 2.07. The lowest BCUT2D eigenvalue weighted by Gasteiger charge is -2.31. The van der Waals surface area contributed by atoms with E-state index in [-0.39, 0.29) is 19.7 Å². The van der Waals surface area contributed by atoms with Gasteiger partial charge >= 0.3 is 0 Å². The first-order chi connectivity index (χ1) is 10.5. The van der Waals surface area contributed by atoms with E-state index in [2.05, 4.69) is 0 Å². The zero-order chi connectivity index (χ0) is 16.6. The molecule has 0 aromatic heterocycles. The van der Waals surface area contributed by atoms with Gasteiger partial charge in [0, 0.05) is 13.1 Å². The van der Waals surface area contributed by atoms with E-state index in [0.29, 0.717) is 24.3 Å². The molecule has 0 unspecified atom stereocenters. The predicted octanol–water partition coefficient (Wildman–Crippen LogP) is 4.40. The Bertz CT molecular complexity index is 456. The molecule has 1 rings (SSSR count). The molecule has 0 fully saturated rings. The summed E-state index contributed by atoms with van der Waals surface area (Å²) in [4.78, 5) is 0. The van der Waals surface area contributed by atoms with E-state index < -0.39 is 11.3 Å². The van der Waals surface area contributed by atoms with Crippen LogP contribution >= 0.6 is 11.3 Å². The summed E-state index contributed by atoms with van der Waals surface area (Å²) < 4.78 is 43.8. The lowest BCUT2D eigenvalue weighted by atomic mass is 10.1. The normalized spacial score (nSPS) is 12.5. The third-order valence-corrected chi connectivity index (χ3v) is 4.86. The van der Waals surface area contributed by atoms with Crippen LogP contribution in [0.4, 0.5) is 7.77 Å². The molecular formula is C15H25F2NO3S. The fraction of sp³-hybridized carbons (Fsp3) is 0.600. The molecule has 0 aliphatic heterocycles. The summed E-state index contributed by atoms with van der Waals surface area (Å²) in [5.74, 6) is 1.29. The Morgan fingerprint density at radius 1 is 1.05 bits per heavy atom. The minimum Gasteiger partial charge on any atom is -0.493 e. The first-order valence-electron chi connectivity index (χ1n) is 7.31. The average molecular weight is 337 g/mol. The van der Waals surface area contributed by atoms with Crippen LogP contribution in [0.5, 0.6) is 11.5 Å². The van der Waals surface area contributed by atoms with Crippen molar-refractivity contribution in [2.45, 2.75) is 26.7 Å². The van der Waals surface area contributed by atoms with Crippen LogP contribution in [-0.2, 0) is 10.6 Å². The molecule has 0 aliphatic carbocycles. The molecule has 0 spiro atoms. The van der Waals surface area contributed by atoms with E-state index in [1.807, 2.05) is 18.2 Å². The molecule has 0 saturated carbocycles. The van der Waals surface area contributed by atoms with Gasteiger partial charge in [-0.25, -0.2) is 0 Å². The van der Waals surface area contributed by atoms with Gasteiger partial charge in [-0.1, -0.05) is 19.9 Å². The number of aryl methyl sites for hydroxylation is 1. The van der Waals surface area contributed by atoms with Crippen molar-refractivity contribution in [2.24, 2.45) is 0 Å². The van der Waals surface area contributed by atoms with Gasteiger partial charge in [-0.3, -0.25) is 4.18 Å². The second-order valence-corrected chi connectivity index (χ2v) is 6.17. The van der Waals surface area contributed by atoms with Crippen LogP contribution in [0.1, 0.15) is 25.8 Å². The van der Waals surface area contributed by atoms with E-state index in [1.54, 1.807) is 28.1 Å². The first kappa shape index (κ1) is 19.0. The van der Waals surface area contributed by atoms with Gasteiger partial charge in [0.05, 0.1) is 20.8 Å². The lowest BCUT2D eigenvalue weighted by Crippen LogP contribution is -2.24. The predicted molar refractivity (Wildman–Crippen MR) is 86.5 cm³/mol. The van der Waals surface area contributed by atoms with Crippen molar-refractivity contribution in [1.29, 1.82) is 0 Å². The maximum absolute atomic E-state index is 13.8. The molecule has 0 atom stereocenters. The van der Waals surface area contributed by atoms with Crippen molar-refractivity contribution in [3.8, 4) is 11.5 Å². The smallest absolute Gasteiger partial charge is 0.241 e. The van der Waals surface area contributed by atoms with Gasteiger partial charge in [0.2, 0.25) is 11.3 Å². The minimum atomic E-state index is -4.11. The molecular weight excluding hydrogens is 312 g/mol. The average Bonchev–Trinajstić information content (AvgIpc) is 2.52. The Balaban J connectivity index is 2.48. The number of methoxy groups -OCH3 is 2. The monoisotopic (exact) mass is 337 g/mol. The number of rotatable bonds is 10. The summed E-state index contributed by atoms with van der Waals surface area (Å²) in [6.07, 6.45) is 1.17. The summed E-state index contributed by atoms with van der Waals surface area (Å²) in [6.45, 7) is 4.02. The van der Waals surface area contributed by atoms with Gasteiger partial charge in [-0.2, -0.15) is 4.31 Å². The highest BCUT2D eigenvalue weighted by Gasteiger charge is 2.30. The number of halogens is 2. The van der Waals surface area contributed by atoms with Crippen molar-refractivity contribution < 1.29 is 21.4 Å². The number of hydrogen-bond acceptors (Lipinski definition) is 4. The lowest BCUT2D eigenvalue weighted by molar-refractivity contribution is 0.261. The number of nitrogens with zero attached hydrogens (tertiary/aromatic N) is 1. The number of ether oxygens (including phenoxy) is 2. The van der Waals surface area contributed by atoms with Crippen molar-refractivity contribution in [2.75, 3.05) is 33.9 Å². The van der Waals surface area contributed by atoms with E-state index in [4.69, 9.17) is 13.7 Å². The van der Waals surface area contributed by atoms with Crippen LogP contribution in [-0.4, -0.2) is 38.2 Å². The fourth-order valence-corrected chi connectivity index (χ4v) is 3.14. The Labute approximate surface area is 133 Å². The largest absolute Gasteiger partial charge is 0.493 e. The van der Waals surface area contributed by atoms with Gasteiger partial charge in [-0.15, -0.1) is 7.77 Å². The molecule has 0 bridgehead atoms. The Hall–Kier alpha value is -1.05. The molecule has 22 heavy (non-hydrogen) atoms. The van der Waals surface area contributed by atoms with Crippen LogP contribution in [0.2, 0.25) is 0 Å². The van der Waals surface area contributed by atoms with Crippen LogP contribution in [0.3, 0.4) is 0 Å². The molecule has 0 heterocycles. The molecule has 0 aliphatic rings. The second-order valence-electron chi connectivity index (χ2n) is 4.63. The van der Waals surface area contributed by atoms with Gasteiger partial charge < -0.3 is 9.47 Å². The van der Waals surface area contributed by atoms with Crippen LogP contribution in [0.15, 0.2) is 18.2 Å². The standard InChI is InChI=1S/C15H25F2NO3S/c1-5-18(6-2)22(16,17)21-11-7-8-13-9-10-14(19-3)15(12-13)20-4/h9-10,12H,5-8,11H2,1-4H3. The molecule has 1 aromatic carbocycles. The molecule has 0 radical (unpaired) electrons. The minimum absolute atomic E-state index is 0.0349. The molecule has 7 heteroatoms. The summed E-state index contributed by atoms with van der Waals surface area (Å²) in [5, 5.41) is 0. The second kappa shape index (κ2) is 9.17. The Morgan fingerprint density at radius 2 is 1.68 bits per heavy atom.